The minimum Gasteiger partial charge on any atom is -0.361 e. The van der Waals surface area contributed by atoms with Crippen molar-refractivity contribution in [3.8, 4) is 0 Å². The molecule has 7 heteroatoms. The van der Waals surface area contributed by atoms with Crippen LogP contribution in [0.1, 0.15) is 11.1 Å². The van der Waals surface area contributed by atoms with E-state index in [1.807, 2.05) is 37.2 Å². The Labute approximate surface area is 186 Å². The molecule has 0 amide bonds. The van der Waals surface area contributed by atoms with E-state index in [2.05, 4.69) is 64.8 Å². The Morgan fingerprint density at radius 2 is 1.81 bits per heavy atom. The molecule has 0 unspecified atom stereocenters. The summed E-state index contributed by atoms with van der Waals surface area (Å²) in [4.78, 5) is 20.5. The van der Waals surface area contributed by atoms with Gasteiger partial charge in [0.2, 0.25) is 0 Å². The summed E-state index contributed by atoms with van der Waals surface area (Å²) in [7, 11) is 0. The van der Waals surface area contributed by atoms with E-state index in [0.717, 1.165) is 57.0 Å². The first-order valence-corrected chi connectivity index (χ1v) is 11.3. The van der Waals surface area contributed by atoms with Crippen LogP contribution in [0.4, 0.5) is 5.82 Å². The molecule has 32 heavy (non-hydrogen) atoms. The molecule has 7 nitrogen and oxygen atoms in total. The number of benzene rings is 1. The van der Waals surface area contributed by atoms with Gasteiger partial charge >= 0.3 is 0 Å². The number of anilines is 1. The van der Waals surface area contributed by atoms with Gasteiger partial charge in [0, 0.05) is 86.5 Å². The second-order valence-corrected chi connectivity index (χ2v) is 8.58. The van der Waals surface area contributed by atoms with Crippen molar-refractivity contribution in [2.75, 3.05) is 37.6 Å². The van der Waals surface area contributed by atoms with Crippen LogP contribution >= 0.6 is 0 Å². The normalized spacial score (nSPS) is 15.2. The first kappa shape index (κ1) is 19.1. The smallest absolute Gasteiger partial charge is 0.138 e. The third-order valence-electron chi connectivity index (χ3n) is 6.58. The Balaban J connectivity index is 1.10. The average Bonchev–Trinajstić information content (AvgIpc) is 3.59. The van der Waals surface area contributed by atoms with Crippen LogP contribution in [0.5, 0.6) is 0 Å². The lowest BCUT2D eigenvalue weighted by molar-refractivity contribution is 0.261. The van der Waals surface area contributed by atoms with Gasteiger partial charge in [-0.15, -0.1) is 0 Å². The maximum absolute atomic E-state index is 4.66. The van der Waals surface area contributed by atoms with Crippen LogP contribution in [0.25, 0.3) is 21.8 Å². The van der Waals surface area contributed by atoms with E-state index in [9.17, 15) is 0 Å². The third kappa shape index (κ3) is 3.65. The molecule has 1 saturated heterocycles. The van der Waals surface area contributed by atoms with Crippen LogP contribution in [-0.2, 0) is 13.0 Å². The summed E-state index contributed by atoms with van der Waals surface area (Å²) in [6.07, 6.45) is 12.8. The second kappa shape index (κ2) is 8.16. The summed E-state index contributed by atoms with van der Waals surface area (Å²) in [5, 5.41) is 2.55. The van der Waals surface area contributed by atoms with E-state index in [1.54, 1.807) is 0 Å². The second-order valence-electron chi connectivity index (χ2n) is 8.58. The van der Waals surface area contributed by atoms with Gasteiger partial charge in [0.1, 0.15) is 5.82 Å². The number of hydrogen-bond acceptors (Lipinski definition) is 4. The van der Waals surface area contributed by atoms with E-state index in [0.29, 0.717) is 0 Å². The molecule has 2 N–H and O–H groups in total. The van der Waals surface area contributed by atoms with Crippen molar-refractivity contribution < 1.29 is 0 Å². The fraction of sp³-hybridized carbons (Fsp3) is 0.280. The highest BCUT2D eigenvalue weighted by Gasteiger charge is 2.20. The number of piperazine rings is 1. The molecule has 0 aliphatic carbocycles. The van der Waals surface area contributed by atoms with Crippen LogP contribution in [0.2, 0.25) is 0 Å². The van der Waals surface area contributed by atoms with E-state index >= 15 is 0 Å². The molecule has 0 spiro atoms. The summed E-state index contributed by atoms with van der Waals surface area (Å²) >= 11 is 0. The van der Waals surface area contributed by atoms with Crippen LogP contribution in [0.15, 0.2) is 67.6 Å². The SMILES string of the molecule is c1cn(Cc2ccc3[nH]cc(CCN4CCN(c5nccc6[nH]ccc56)CC4)c3c2)cn1. The Bertz CT molecular complexity index is 1320. The molecule has 5 heterocycles. The van der Waals surface area contributed by atoms with Gasteiger partial charge in [-0.2, -0.15) is 0 Å². The zero-order valence-corrected chi connectivity index (χ0v) is 18.0. The van der Waals surface area contributed by atoms with Gasteiger partial charge in [0.25, 0.3) is 0 Å². The zero-order chi connectivity index (χ0) is 21.3. The number of fused-ring (bicyclic) bond motifs is 2. The summed E-state index contributed by atoms with van der Waals surface area (Å²) in [5.41, 5.74) is 5.07. The van der Waals surface area contributed by atoms with Gasteiger partial charge in [0.05, 0.1) is 11.8 Å². The first-order chi connectivity index (χ1) is 15.8. The van der Waals surface area contributed by atoms with Crippen molar-refractivity contribution >= 4 is 27.6 Å². The van der Waals surface area contributed by atoms with Gasteiger partial charge in [-0.05, 0) is 41.8 Å². The number of pyridine rings is 1. The maximum Gasteiger partial charge on any atom is 0.138 e. The van der Waals surface area contributed by atoms with Crippen molar-refractivity contribution in [3.63, 3.8) is 0 Å². The molecule has 162 valence electrons. The zero-order valence-electron chi connectivity index (χ0n) is 18.0. The molecule has 0 bridgehead atoms. The number of H-pyrrole nitrogens is 2. The molecule has 0 atom stereocenters. The number of imidazole rings is 1. The molecule has 5 aromatic rings. The van der Waals surface area contributed by atoms with E-state index in [4.69, 9.17) is 0 Å². The van der Waals surface area contributed by atoms with Gasteiger partial charge in [-0.1, -0.05) is 6.07 Å². The lowest BCUT2D eigenvalue weighted by atomic mass is 10.1. The van der Waals surface area contributed by atoms with Crippen molar-refractivity contribution in [1.82, 2.24) is 29.4 Å². The number of rotatable bonds is 6. The number of nitrogens with one attached hydrogen (secondary N) is 2. The molecule has 6 rings (SSSR count). The summed E-state index contributed by atoms with van der Waals surface area (Å²) in [6, 6.07) is 10.9. The number of hydrogen-bond donors (Lipinski definition) is 2. The maximum atomic E-state index is 4.66. The lowest BCUT2D eigenvalue weighted by Gasteiger charge is -2.35. The number of aromatic amines is 2. The van der Waals surface area contributed by atoms with Crippen LogP contribution in [0, 0.1) is 0 Å². The molecular formula is C25H27N7. The van der Waals surface area contributed by atoms with Crippen LogP contribution in [-0.4, -0.2) is 62.1 Å². The molecule has 1 aliphatic heterocycles. The molecule has 1 aromatic carbocycles. The minimum absolute atomic E-state index is 0.852. The van der Waals surface area contributed by atoms with Gasteiger partial charge in [-0.25, -0.2) is 9.97 Å². The van der Waals surface area contributed by atoms with Crippen molar-refractivity contribution in [2.24, 2.45) is 0 Å². The van der Waals surface area contributed by atoms with Gasteiger partial charge in [-0.3, -0.25) is 4.90 Å². The Morgan fingerprint density at radius 3 is 2.69 bits per heavy atom. The standard InChI is InChI=1S/C25H27N7/c1-2-23-22(15-19(1)17-31-10-8-26-18-31)20(16-29-23)5-9-30-11-13-32(14-12-30)25-21-3-6-27-24(21)4-7-28-25/h1-4,6-8,10,15-16,18,27,29H,5,9,11-14,17H2. The summed E-state index contributed by atoms with van der Waals surface area (Å²) in [5.74, 6) is 1.10. The number of nitrogens with zero attached hydrogens (tertiary/aromatic N) is 5. The molecule has 1 fully saturated rings. The van der Waals surface area contributed by atoms with Crippen LogP contribution < -0.4 is 4.90 Å². The van der Waals surface area contributed by atoms with Gasteiger partial charge < -0.3 is 19.4 Å². The molecular weight excluding hydrogens is 398 g/mol. The van der Waals surface area contributed by atoms with Gasteiger partial charge in [0.15, 0.2) is 0 Å². The fourth-order valence-corrected chi connectivity index (χ4v) is 4.80. The highest BCUT2D eigenvalue weighted by molar-refractivity contribution is 5.90. The van der Waals surface area contributed by atoms with Crippen LogP contribution in [0.3, 0.4) is 0 Å². The quantitative estimate of drug-likeness (QED) is 0.436. The predicted molar refractivity (Wildman–Crippen MR) is 128 cm³/mol. The average molecular weight is 426 g/mol. The third-order valence-corrected chi connectivity index (χ3v) is 6.58. The number of aromatic nitrogens is 5. The Morgan fingerprint density at radius 1 is 0.906 bits per heavy atom. The van der Waals surface area contributed by atoms with Crippen molar-refractivity contribution in [1.29, 1.82) is 0 Å². The van der Waals surface area contributed by atoms with Crippen molar-refractivity contribution in [3.05, 3.63) is 78.8 Å². The topological polar surface area (TPSA) is 68.8 Å². The molecule has 0 saturated carbocycles. The molecule has 4 aromatic heterocycles. The van der Waals surface area contributed by atoms with Crippen molar-refractivity contribution in [2.45, 2.75) is 13.0 Å². The largest absolute Gasteiger partial charge is 0.361 e. The van der Waals surface area contributed by atoms with E-state index < -0.39 is 0 Å². The summed E-state index contributed by atoms with van der Waals surface area (Å²) < 4.78 is 2.11. The minimum atomic E-state index is 0.852. The Kier molecular flexibility index (Phi) is 4.88. The lowest BCUT2D eigenvalue weighted by Crippen LogP contribution is -2.47. The summed E-state index contributed by atoms with van der Waals surface area (Å²) in [6.45, 7) is 6.09. The predicted octanol–water partition coefficient (Wildman–Crippen LogP) is 3.65. The Hall–Kier alpha value is -3.58. The molecule has 1 aliphatic rings. The highest BCUT2D eigenvalue weighted by Crippen LogP contribution is 2.25. The highest BCUT2D eigenvalue weighted by atomic mass is 15.3. The first-order valence-electron chi connectivity index (χ1n) is 11.3. The van der Waals surface area contributed by atoms with E-state index in [-0.39, 0.29) is 0 Å². The van der Waals surface area contributed by atoms with E-state index in [1.165, 1.54) is 27.4 Å². The monoisotopic (exact) mass is 425 g/mol. The fourth-order valence-electron chi connectivity index (χ4n) is 4.80. The molecule has 0 radical (unpaired) electrons.